The predicted octanol–water partition coefficient (Wildman–Crippen LogP) is 3.22. The summed E-state index contributed by atoms with van der Waals surface area (Å²) in [4.78, 5) is 12.9. The van der Waals surface area contributed by atoms with Gasteiger partial charge < -0.3 is 0 Å². The highest BCUT2D eigenvalue weighted by atomic mass is 16.6. The molecule has 2 unspecified atom stereocenters. The van der Waals surface area contributed by atoms with Gasteiger partial charge in [-0.2, -0.15) is 5.26 Å². The van der Waals surface area contributed by atoms with E-state index in [2.05, 4.69) is 12.1 Å². The van der Waals surface area contributed by atoms with Crippen molar-refractivity contribution in [1.82, 2.24) is 0 Å². The van der Waals surface area contributed by atoms with Crippen LogP contribution in [0.15, 0.2) is 48.2 Å². The largest absolute Gasteiger partial charge is 0.291 e. The van der Waals surface area contributed by atoms with Gasteiger partial charge in [-0.05, 0) is 31.1 Å². The number of benzene rings is 1. The summed E-state index contributed by atoms with van der Waals surface area (Å²) in [5, 5.41) is 20.7. The van der Waals surface area contributed by atoms with E-state index in [4.69, 9.17) is 0 Å². The van der Waals surface area contributed by atoms with Crippen molar-refractivity contribution in [2.45, 2.75) is 25.4 Å². The van der Waals surface area contributed by atoms with E-state index in [9.17, 15) is 15.4 Å². The summed E-state index contributed by atoms with van der Waals surface area (Å²) >= 11 is 0. The summed E-state index contributed by atoms with van der Waals surface area (Å²) in [6.45, 7) is 0. The fourth-order valence-electron chi connectivity index (χ4n) is 3.14. The Kier molecular flexibility index (Phi) is 3.44. The first kappa shape index (κ1) is 13.4. The maximum Gasteiger partial charge on any atom is 0.291 e. The number of hydrogen-bond donors (Lipinski definition) is 0. The van der Waals surface area contributed by atoms with Crippen molar-refractivity contribution < 1.29 is 4.92 Å². The van der Waals surface area contributed by atoms with E-state index < -0.39 is 6.17 Å². The predicted molar refractivity (Wildman–Crippen MR) is 79.0 cm³/mol. The van der Waals surface area contributed by atoms with Crippen LogP contribution < -0.4 is 4.90 Å². The molecule has 0 radical (unpaired) electrons. The smallest absolute Gasteiger partial charge is 0.281 e. The van der Waals surface area contributed by atoms with Gasteiger partial charge in [0.2, 0.25) is 0 Å². The fraction of sp³-hybridized carbons (Fsp3) is 0.312. The zero-order valence-corrected chi connectivity index (χ0v) is 11.5. The molecule has 106 valence electrons. The second-order valence-corrected chi connectivity index (χ2v) is 5.29. The number of nitro groups is 1. The molecule has 1 aliphatic heterocycles. The molecule has 3 rings (SSSR count). The van der Waals surface area contributed by atoms with Gasteiger partial charge in [-0.15, -0.1) is 0 Å². The number of rotatable bonds is 2. The van der Waals surface area contributed by atoms with Crippen LogP contribution in [0.4, 0.5) is 5.69 Å². The molecule has 2 aliphatic rings. The first-order valence-electron chi connectivity index (χ1n) is 7.01. The highest BCUT2D eigenvalue weighted by molar-refractivity contribution is 5.64. The Morgan fingerprint density at radius 2 is 2.14 bits per heavy atom. The highest BCUT2D eigenvalue weighted by Gasteiger charge is 2.40. The molecular formula is C16H15N3O2. The summed E-state index contributed by atoms with van der Waals surface area (Å²) < 4.78 is 0. The molecule has 1 aromatic rings. The second kappa shape index (κ2) is 5.41. The van der Waals surface area contributed by atoms with E-state index in [1.54, 1.807) is 23.1 Å². The van der Waals surface area contributed by atoms with Crippen LogP contribution in [0.2, 0.25) is 0 Å². The minimum absolute atomic E-state index is 0.246. The van der Waals surface area contributed by atoms with E-state index in [1.807, 2.05) is 18.2 Å². The van der Waals surface area contributed by atoms with Gasteiger partial charge in [-0.1, -0.05) is 24.3 Å². The lowest BCUT2D eigenvalue weighted by atomic mass is 9.86. The summed E-state index contributed by atoms with van der Waals surface area (Å²) in [6, 6.07) is 9.22. The molecule has 0 N–H and O–H groups in total. The Morgan fingerprint density at radius 1 is 1.33 bits per heavy atom. The lowest BCUT2D eigenvalue weighted by Gasteiger charge is -2.39. The average Bonchev–Trinajstić information content (AvgIpc) is 2.53. The molecule has 0 saturated carbocycles. The Balaban J connectivity index is 2.13. The minimum atomic E-state index is -0.798. The molecular weight excluding hydrogens is 266 g/mol. The molecule has 5 nitrogen and oxygen atoms in total. The number of nitrogens with zero attached hydrogens (tertiary/aromatic N) is 3. The average molecular weight is 281 g/mol. The molecule has 0 amide bonds. The first-order valence-corrected chi connectivity index (χ1v) is 7.01. The van der Waals surface area contributed by atoms with E-state index >= 15 is 0 Å². The molecule has 1 fully saturated rings. The molecule has 0 spiro atoms. The van der Waals surface area contributed by atoms with Gasteiger partial charge in [-0.25, -0.2) is 0 Å². The lowest BCUT2D eigenvalue weighted by molar-refractivity contribution is -0.523. The first-order chi connectivity index (χ1) is 10.2. The van der Waals surface area contributed by atoms with Crippen molar-refractivity contribution in [3.63, 3.8) is 0 Å². The van der Waals surface area contributed by atoms with E-state index in [0.29, 0.717) is 23.6 Å². The zero-order valence-electron chi connectivity index (χ0n) is 11.5. The number of allylic oxidation sites excluding steroid dienone is 4. The third kappa shape index (κ3) is 2.29. The number of para-hydroxylation sites is 1. The molecule has 1 aliphatic carbocycles. The van der Waals surface area contributed by atoms with Gasteiger partial charge in [0.15, 0.2) is 0 Å². The van der Waals surface area contributed by atoms with Crippen LogP contribution in [-0.2, 0) is 0 Å². The van der Waals surface area contributed by atoms with Crippen LogP contribution in [0.5, 0.6) is 0 Å². The van der Waals surface area contributed by atoms with Crippen molar-refractivity contribution >= 4 is 5.69 Å². The number of fused-ring (bicyclic) bond motifs is 1. The Hall–Kier alpha value is -2.61. The highest BCUT2D eigenvalue weighted by Crippen LogP contribution is 2.40. The van der Waals surface area contributed by atoms with Gasteiger partial charge in [0.1, 0.15) is 6.07 Å². The van der Waals surface area contributed by atoms with Crippen molar-refractivity contribution in [2.75, 3.05) is 4.90 Å². The van der Waals surface area contributed by atoms with Crippen molar-refractivity contribution in [2.24, 2.45) is 5.92 Å². The molecule has 1 heterocycles. The van der Waals surface area contributed by atoms with Gasteiger partial charge in [0, 0.05) is 23.0 Å². The number of nitriles is 1. The minimum Gasteiger partial charge on any atom is -0.281 e. The standard InChI is InChI=1S/C16H15N3O2/c17-11-13-6-2-4-8-15(13)18-14-7-3-1-5-12(14)9-10-16(18)19(20)21/h1-4,6-8,12,16H,5,9-10H2. The molecule has 1 saturated heterocycles. The molecule has 2 atom stereocenters. The van der Waals surface area contributed by atoms with Gasteiger partial charge in [-0.3, -0.25) is 15.0 Å². The fourth-order valence-corrected chi connectivity index (χ4v) is 3.14. The molecule has 1 aromatic carbocycles. The van der Waals surface area contributed by atoms with Crippen LogP contribution >= 0.6 is 0 Å². The molecule has 21 heavy (non-hydrogen) atoms. The second-order valence-electron chi connectivity index (χ2n) is 5.29. The number of anilines is 1. The van der Waals surface area contributed by atoms with Crippen molar-refractivity contribution in [1.29, 1.82) is 5.26 Å². The quantitative estimate of drug-likeness (QED) is 0.616. The Labute approximate surface area is 122 Å². The van der Waals surface area contributed by atoms with Gasteiger partial charge in [0.05, 0.1) is 11.3 Å². The van der Waals surface area contributed by atoms with Crippen LogP contribution in [-0.4, -0.2) is 11.1 Å². The summed E-state index contributed by atoms with van der Waals surface area (Å²) in [6.07, 6.45) is 7.40. The Morgan fingerprint density at radius 3 is 2.90 bits per heavy atom. The van der Waals surface area contributed by atoms with E-state index in [0.717, 1.165) is 18.5 Å². The summed E-state index contributed by atoms with van der Waals surface area (Å²) in [7, 11) is 0. The normalized spacial score (nSPS) is 24.0. The van der Waals surface area contributed by atoms with Crippen LogP contribution in [0.25, 0.3) is 0 Å². The monoisotopic (exact) mass is 281 g/mol. The summed E-state index contributed by atoms with van der Waals surface area (Å²) in [5.41, 5.74) is 2.06. The number of piperidine rings is 1. The Bertz CT molecular complexity index is 672. The SMILES string of the molecule is N#Cc1ccccc1N1C2=CC=CCC2CCC1[N+](=O)[O-]. The zero-order chi connectivity index (χ0) is 14.8. The molecule has 0 aromatic heterocycles. The maximum absolute atomic E-state index is 11.4. The van der Waals surface area contributed by atoms with Crippen LogP contribution in [0, 0.1) is 27.4 Å². The van der Waals surface area contributed by atoms with Crippen molar-refractivity contribution in [3.05, 3.63) is 63.9 Å². The molecule has 5 heteroatoms. The maximum atomic E-state index is 11.4. The topological polar surface area (TPSA) is 70.2 Å². The number of hydrogen-bond acceptors (Lipinski definition) is 4. The van der Waals surface area contributed by atoms with Gasteiger partial charge >= 0.3 is 0 Å². The summed E-state index contributed by atoms with van der Waals surface area (Å²) in [5.74, 6) is 0.304. The lowest BCUT2D eigenvalue weighted by Crippen LogP contribution is -2.46. The molecule has 0 bridgehead atoms. The van der Waals surface area contributed by atoms with Crippen molar-refractivity contribution in [3.8, 4) is 6.07 Å². The third-order valence-corrected chi connectivity index (χ3v) is 4.12. The van der Waals surface area contributed by atoms with E-state index in [-0.39, 0.29) is 4.92 Å². The van der Waals surface area contributed by atoms with Gasteiger partial charge in [0.25, 0.3) is 6.17 Å². The van der Waals surface area contributed by atoms with Crippen LogP contribution in [0.1, 0.15) is 24.8 Å². The third-order valence-electron chi connectivity index (χ3n) is 4.12. The van der Waals surface area contributed by atoms with E-state index in [1.165, 1.54) is 0 Å². The van der Waals surface area contributed by atoms with Crippen LogP contribution in [0.3, 0.4) is 0 Å².